The number of rotatable bonds is 2. The summed E-state index contributed by atoms with van der Waals surface area (Å²) in [5.74, 6) is -0.0379. The first-order valence-electron chi connectivity index (χ1n) is 3.58. The third kappa shape index (κ3) is 3.24. The van der Waals surface area contributed by atoms with Gasteiger partial charge in [-0.3, -0.25) is 4.98 Å². The predicted octanol–water partition coefficient (Wildman–Crippen LogP) is 0.0752. The molecule has 0 aliphatic rings. The SMILES string of the molecule is Cc1ncc(CO)c(CO)c1O.[Fe].[Mn]. The molecule has 0 spiro atoms. The molecule has 1 aromatic rings. The van der Waals surface area contributed by atoms with Crippen molar-refractivity contribution in [3.05, 3.63) is 23.0 Å². The Morgan fingerprint density at radius 2 is 1.86 bits per heavy atom. The number of nitrogens with zero attached hydrogens (tertiary/aromatic N) is 1. The summed E-state index contributed by atoms with van der Waals surface area (Å²) in [5, 5.41) is 27.0. The number of pyridine rings is 1. The molecule has 0 aliphatic carbocycles. The average Bonchev–Trinajstić information content (AvgIpc) is 2.09. The van der Waals surface area contributed by atoms with Gasteiger partial charge in [-0.15, -0.1) is 0 Å². The van der Waals surface area contributed by atoms with Crippen LogP contribution in [-0.2, 0) is 47.4 Å². The molecule has 0 aromatic carbocycles. The Morgan fingerprint density at radius 1 is 1.29 bits per heavy atom. The Bertz CT molecular complexity index is 296. The maximum Gasteiger partial charge on any atom is 0.142 e. The molecule has 0 amide bonds. The Morgan fingerprint density at radius 3 is 2.29 bits per heavy atom. The molecule has 0 saturated heterocycles. The van der Waals surface area contributed by atoms with Crippen molar-refractivity contribution in [2.45, 2.75) is 20.1 Å². The molecule has 4 nitrogen and oxygen atoms in total. The van der Waals surface area contributed by atoms with E-state index in [4.69, 9.17) is 10.2 Å². The summed E-state index contributed by atoms with van der Waals surface area (Å²) in [6.45, 7) is 1.12. The predicted molar refractivity (Wildman–Crippen MR) is 42.5 cm³/mol. The zero-order chi connectivity index (χ0) is 9.14. The Labute approximate surface area is 103 Å². The van der Waals surface area contributed by atoms with Gasteiger partial charge in [-0.05, 0) is 6.92 Å². The van der Waals surface area contributed by atoms with Crippen LogP contribution in [0.5, 0.6) is 5.75 Å². The third-order valence-corrected chi connectivity index (χ3v) is 1.76. The van der Waals surface area contributed by atoms with Crippen LogP contribution in [0.25, 0.3) is 0 Å². The summed E-state index contributed by atoms with van der Waals surface area (Å²) in [6, 6.07) is 0. The molecule has 0 bridgehead atoms. The molecule has 0 aliphatic heterocycles. The summed E-state index contributed by atoms with van der Waals surface area (Å²) >= 11 is 0. The minimum atomic E-state index is -0.287. The summed E-state index contributed by atoms with van der Waals surface area (Å²) in [5.41, 5.74) is 1.27. The number of hydrogen-bond acceptors (Lipinski definition) is 4. The van der Waals surface area contributed by atoms with Crippen LogP contribution in [0.1, 0.15) is 16.8 Å². The largest absolute Gasteiger partial charge is 0.506 e. The number of aromatic hydroxyl groups is 1. The molecule has 0 fully saturated rings. The molecule has 1 heterocycles. The summed E-state index contributed by atoms with van der Waals surface area (Å²) < 4.78 is 0. The molecule has 6 heteroatoms. The van der Waals surface area contributed by atoms with Crippen molar-refractivity contribution in [2.75, 3.05) is 0 Å². The van der Waals surface area contributed by atoms with E-state index in [0.717, 1.165) is 0 Å². The minimum absolute atomic E-state index is 0. The van der Waals surface area contributed by atoms with Crippen LogP contribution in [-0.4, -0.2) is 20.3 Å². The second kappa shape index (κ2) is 7.23. The maximum atomic E-state index is 9.38. The van der Waals surface area contributed by atoms with E-state index in [1.807, 2.05) is 0 Å². The van der Waals surface area contributed by atoms with Crippen LogP contribution in [0.4, 0.5) is 0 Å². The van der Waals surface area contributed by atoms with Crippen LogP contribution in [0, 0.1) is 6.92 Å². The normalized spacial score (nSPS) is 8.79. The van der Waals surface area contributed by atoms with E-state index in [0.29, 0.717) is 16.8 Å². The molecule has 1 aromatic heterocycles. The minimum Gasteiger partial charge on any atom is -0.506 e. The van der Waals surface area contributed by atoms with Gasteiger partial charge in [0.05, 0.1) is 18.9 Å². The van der Waals surface area contributed by atoms with Gasteiger partial charge < -0.3 is 15.3 Å². The van der Waals surface area contributed by atoms with Crippen LogP contribution >= 0.6 is 0 Å². The van der Waals surface area contributed by atoms with Gasteiger partial charge in [0.1, 0.15) is 5.75 Å². The first-order chi connectivity index (χ1) is 5.70. The Kier molecular flexibility index (Phi) is 8.44. The van der Waals surface area contributed by atoms with Gasteiger partial charge in [0, 0.05) is 51.5 Å². The molecule has 1 radical (unpaired) electrons. The molecule has 14 heavy (non-hydrogen) atoms. The van der Waals surface area contributed by atoms with Gasteiger partial charge in [0.2, 0.25) is 0 Å². The fourth-order valence-corrected chi connectivity index (χ4v) is 0.997. The molecule has 0 atom stereocenters. The number of aryl methyl sites for hydroxylation is 1. The second-order valence-electron chi connectivity index (χ2n) is 2.51. The maximum absolute atomic E-state index is 9.38. The van der Waals surface area contributed by atoms with Gasteiger partial charge >= 0.3 is 0 Å². The van der Waals surface area contributed by atoms with E-state index < -0.39 is 0 Å². The molecule has 0 unspecified atom stereocenters. The topological polar surface area (TPSA) is 73.6 Å². The van der Waals surface area contributed by atoms with Crippen molar-refractivity contribution in [3.8, 4) is 5.75 Å². The second-order valence-corrected chi connectivity index (χ2v) is 2.51. The van der Waals surface area contributed by atoms with E-state index >= 15 is 0 Å². The van der Waals surface area contributed by atoms with Crippen LogP contribution < -0.4 is 0 Å². The third-order valence-electron chi connectivity index (χ3n) is 1.76. The average molecular weight is 280 g/mol. The molecule has 1 rings (SSSR count). The zero-order valence-corrected chi connectivity index (χ0v) is 9.80. The van der Waals surface area contributed by atoms with Crippen LogP contribution in [0.15, 0.2) is 6.20 Å². The molecule has 3 N–H and O–H groups in total. The zero-order valence-electron chi connectivity index (χ0n) is 7.51. The van der Waals surface area contributed by atoms with E-state index in [1.165, 1.54) is 6.20 Å². The van der Waals surface area contributed by atoms with Gasteiger partial charge in [-0.25, -0.2) is 0 Å². The van der Waals surface area contributed by atoms with Gasteiger partial charge in [0.15, 0.2) is 0 Å². The van der Waals surface area contributed by atoms with Crippen molar-refractivity contribution in [1.82, 2.24) is 4.98 Å². The molecule has 0 saturated carbocycles. The summed E-state index contributed by atoms with van der Waals surface area (Å²) in [6.07, 6.45) is 1.45. The van der Waals surface area contributed by atoms with Gasteiger partial charge in [-0.2, -0.15) is 0 Å². The van der Waals surface area contributed by atoms with E-state index in [-0.39, 0.29) is 53.1 Å². The molecular formula is C8H11FeMnNO3. The van der Waals surface area contributed by atoms with Crippen LogP contribution in [0.2, 0.25) is 0 Å². The molecular weight excluding hydrogens is 269 g/mol. The Hall–Kier alpha value is -0.0910. The Balaban J connectivity index is 0. The summed E-state index contributed by atoms with van der Waals surface area (Å²) in [4.78, 5) is 3.84. The van der Waals surface area contributed by atoms with Crippen molar-refractivity contribution < 1.29 is 49.5 Å². The van der Waals surface area contributed by atoms with Crippen molar-refractivity contribution in [3.63, 3.8) is 0 Å². The fraction of sp³-hybridized carbons (Fsp3) is 0.375. The van der Waals surface area contributed by atoms with Gasteiger partial charge in [0.25, 0.3) is 0 Å². The van der Waals surface area contributed by atoms with Crippen LogP contribution in [0.3, 0.4) is 0 Å². The smallest absolute Gasteiger partial charge is 0.142 e. The number of aliphatic hydroxyl groups is 2. The van der Waals surface area contributed by atoms with Gasteiger partial charge in [-0.1, -0.05) is 0 Å². The summed E-state index contributed by atoms with van der Waals surface area (Å²) in [7, 11) is 0. The standard InChI is InChI=1S/C8H11NO3.Fe.Mn/c1-5-8(12)7(4-11)6(3-10)2-9-5;;/h2,10-12H,3-4H2,1H3;;. The first-order valence-corrected chi connectivity index (χ1v) is 3.58. The fourth-order valence-electron chi connectivity index (χ4n) is 0.997. The van der Waals surface area contributed by atoms with E-state index in [1.54, 1.807) is 6.92 Å². The number of aliphatic hydroxyl groups excluding tert-OH is 2. The van der Waals surface area contributed by atoms with E-state index in [9.17, 15) is 5.11 Å². The quantitative estimate of drug-likeness (QED) is 0.670. The number of hydrogen-bond donors (Lipinski definition) is 3. The first kappa shape index (κ1) is 16.3. The van der Waals surface area contributed by atoms with E-state index in [2.05, 4.69) is 4.98 Å². The van der Waals surface area contributed by atoms with Crippen molar-refractivity contribution in [2.24, 2.45) is 0 Å². The van der Waals surface area contributed by atoms with Crippen molar-refractivity contribution >= 4 is 0 Å². The monoisotopic (exact) mass is 280 g/mol. The number of aromatic nitrogens is 1. The van der Waals surface area contributed by atoms with Crippen molar-refractivity contribution in [1.29, 1.82) is 0 Å². The molecule has 81 valence electrons.